The molecule has 0 amide bonds. The van der Waals surface area contributed by atoms with Gasteiger partial charge in [0.25, 0.3) is 0 Å². The lowest BCUT2D eigenvalue weighted by molar-refractivity contribution is 0.240. The van der Waals surface area contributed by atoms with E-state index in [-0.39, 0.29) is 0 Å². The van der Waals surface area contributed by atoms with Crippen LogP contribution in [0, 0.1) is 0 Å². The molecule has 5 nitrogen and oxygen atoms in total. The van der Waals surface area contributed by atoms with Crippen LogP contribution >= 0.6 is 23.2 Å². The van der Waals surface area contributed by atoms with E-state index in [0.717, 1.165) is 49.4 Å². The molecule has 0 atom stereocenters. The average Bonchev–Trinajstić information content (AvgIpc) is 2.51. The summed E-state index contributed by atoms with van der Waals surface area (Å²) in [5.41, 5.74) is 3.11. The summed E-state index contributed by atoms with van der Waals surface area (Å²) in [7, 11) is 0. The Balaban J connectivity index is 1.77. The highest BCUT2D eigenvalue weighted by Crippen LogP contribution is 2.24. The second-order valence-corrected chi connectivity index (χ2v) is 6.12. The van der Waals surface area contributed by atoms with Crippen molar-refractivity contribution in [1.29, 1.82) is 0 Å². The number of aryl methyl sites for hydroxylation is 1. The van der Waals surface area contributed by atoms with Crippen molar-refractivity contribution in [1.82, 2.24) is 24.8 Å². The molecule has 0 radical (unpaired) electrons. The van der Waals surface area contributed by atoms with Gasteiger partial charge in [-0.1, -0.05) is 30.1 Å². The summed E-state index contributed by atoms with van der Waals surface area (Å²) in [6.45, 7) is 4.46. The average molecular weight is 338 g/mol. The molecule has 0 aromatic carbocycles. The molecule has 0 spiro atoms. The molecule has 0 unspecified atom stereocenters. The van der Waals surface area contributed by atoms with Crippen LogP contribution in [0.25, 0.3) is 0 Å². The highest BCUT2D eigenvalue weighted by Gasteiger charge is 2.20. The fourth-order valence-corrected chi connectivity index (χ4v) is 3.04. The van der Waals surface area contributed by atoms with E-state index in [9.17, 15) is 0 Å². The fourth-order valence-electron chi connectivity index (χ4n) is 2.60. The van der Waals surface area contributed by atoms with Gasteiger partial charge in [0.15, 0.2) is 0 Å². The number of hydrogen-bond donors (Lipinski definition) is 0. The Morgan fingerprint density at radius 1 is 1.18 bits per heavy atom. The molecule has 3 heterocycles. The maximum Gasteiger partial charge on any atom is 0.138 e. The van der Waals surface area contributed by atoms with E-state index in [1.165, 1.54) is 11.9 Å². The molecule has 3 rings (SSSR count). The quantitative estimate of drug-likeness (QED) is 0.802. The Morgan fingerprint density at radius 3 is 2.68 bits per heavy atom. The number of aromatic nitrogens is 4. The van der Waals surface area contributed by atoms with Crippen molar-refractivity contribution in [3.8, 4) is 0 Å². The molecule has 2 aromatic rings. The van der Waals surface area contributed by atoms with Gasteiger partial charge in [0.2, 0.25) is 0 Å². The van der Waals surface area contributed by atoms with Crippen LogP contribution in [0.5, 0.6) is 0 Å². The standard InChI is InChI=1S/C15H17Cl2N5/c1-2-3-13-18-6-10-4-5-22(8-12(10)21-13)7-11-14(16)19-9-20-15(11)17/h6,9H,2-5,7-8H2,1H3. The second-order valence-electron chi connectivity index (χ2n) is 5.40. The first-order valence-corrected chi connectivity index (χ1v) is 8.14. The molecular formula is C15H17Cl2N5. The van der Waals surface area contributed by atoms with Crippen LogP contribution in [-0.4, -0.2) is 31.4 Å². The summed E-state index contributed by atoms with van der Waals surface area (Å²) >= 11 is 12.3. The molecular weight excluding hydrogens is 321 g/mol. The largest absolute Gasteiger partial charge is 0.293 e. The fraction of sp³-hybridized carbons (Fsp3) is 0.467. The first kappa shape index (κ1) is 15.6. The summed E-state index contributed by atoms with van der Waals surface area (Å²) in [6.07, 6.45) is 6.25. The van der Waals surface area contributed by atoms with Gasteiger partial charge in [0.05, 0.1) is 5.69 Å². The van der Waals surface area contributed by atoms with E-state index in [0.29, 0.717) is 16.9 Å². The molecule has 2 aromatic heterocycles. The van der Waals surface area contributed by atoms with Crippen molar-refractivity contribution in [3.63, 3.8) is 0 Å². The SMILES string of the molecule is CCCc1ncc2c(n1)CN(Cc1c(Cl)ncnc1Cl)CC2. The number of fused-ring (bicyclic) bond motifs is 1. The molecule has 0 saturated carbocycles. The van der Waals surface area contributed by atoms with E-state index < -0.39 is 0 Å². The molecule has 7 heteroatoms. The molecule has 0 N–H and O–H groups in total. The highest BCUT2D eigenvalue weighted by molar-refractivity contribution is 6.34. The third-order valence-corrected chi connectivity index (χ3v) is 4.42. The Kier molecular flexibility index (Phi) is 4.86. The Morgan fingerprint density at radius 2 is 1.95 bits per heavy atom. The van der Waals surface area contributed by atoms with Crippen LogP contribution < -0.4 is 0 Å². The molecule has 0 aliphatic carbocycles. The minimum atomic E-state index is 0.417. The molecule has 1 aliphatic rings. The van der Waals surface area contributed by atoms with Crippen LogP contribution in [-0.2, 0) is 25.9 Å². The van der Waals surface area contributed by atoms with Crippen LogP contribution in [0.3, 0.4) is 0 Å². The van der Waals surface area contributed by atoms with E-state index in [4.69, 9.17) is 23.2 Å². The third kappa shape index (κ3) is 3.37. The van der Waals surface area contributed by atoms with Gasteiger partial charge < -0.3 is 0 Å². The van der Waals surface area contributed by atoms with Gasteiger partial charge in [-0.25, -0.2) is 19.9 Å². The van der Waals surface area contributed by atoms with Gasteiger partial charge in [-0.05, 0) is 18.4 Å². The zero-order valence-electron chi connectivity index (χ0n) is 12.4. The first-order chi connectivity index (χ1) is 10.7. The van der Waals surface area contributed by atoms with Crippen molar-refractivity contribution >= 4 is 23.2 Å². The maximum atomic E-state index is 6.13. The second kappa shape index (κ2) is 6.86. The van der Waals surface area contributed by atoms with Gasteiger partial charge in [-0.15, -0.1) is 0 Å². The third-order valence-electron chi connectivity index (χ3n) is 3.77. The zero-order valence-corrected chi connectivity index (χ0v) is 13.9. The lowest BCUT2D eigenvalue weighted by Crippen LogP contribution is -2.31. The van der Waals surface area contributed by atoms with Gasteiger partial charge in [-0.2, -0.15) is 0 Å². The Bertz CT molecular complexity index is 657. The van der Waals surface area contributed by atoms with Crippen molar-refractivity contribution < 1.29 is 0 Å². The van der Waals surface area contributed by atoms with Crippen LogP contribution in [0.4, 0.5) is 0 Å². The minimum absolute atomic E-state index is 0.417. The monoisotopic (exact) mass is 337 g/mol. The minimum Gasteiger partial charge on any atom is -0.293 e. The Hall–Kier alpha value is -1.30. The van der Waals surface area contributed by atoms with E-state index in [1.807, 2.05) is 6.20 Å². The zero-order chi connectivity index (χ0) is 15.5. The lowest BCUT2D eigenvalue weighted by Gasteiger charge is -2.28. The predicted molar refractivity (Wildman–Crippen MR) is 85.9 cm³/mol. The van der Waals surface area contributed by atoms with Crippen LogP contribution in [0.1, 0.15) is 36.0 Å². The smallest absolute Gasteiger partial charge is 0.138 e. The van der Waals surface area contributed by atoms with Crippen molar-refractivity contribution in [2.45, 2.75) is 39.3 Å². The van der Waals surface area contributed by atoms with Gasteiger partial charge >= 0.3 is 0 Å². The van der Waals surface area contributed by atoms with Gasteiger partial charge in [0.1, 0.15) is 22.5 Å². The Labute approximate surface area is 139 Å². The van der Waals surface area contributed by atoms with Crippen molar-refractivity contribution in [2.75, 3.05) is 6.54 Å². The highest BCUT2D eigenvalue weighted by atomic mass is 35.5. The van der Waals surface area contributed by atoms with Crippen LogP contribution in [0.15, 0.2) is 12.5 Å². The summed E-state index contributed by atoms with van der Waals surface area (Å²) in [4.78, 5) is 19.4. The molecule has 0 bridgehead atoms. The lowest BCUT2D eigenvalue weighted by atomic mass is 10.1. The van der Waals surface area contributed by atoms with Gasteiger partial charge in [0, 0.05) is 37.8 Å². The molecule has 1 aliphatic heterocycles. The summed E-state index contributed by atoms with van der Waals surface area (Å²) in [6, 6.07) is 0. The maximum absolute atomic E-state index is 6.13. The normalized spacial score (nSPS) is 14.9. The van der Waals surface area contributed by atoms with Crippen molar-refractivity contribution in [2.24, 2.45) is 0 Å². The number of hydrogen-bond acceptors (Lipinski definition) is 5. The van der Waals surface area contributed by atoms with Gasteiger partial charge in [-0.3, -0.25) is 4.90 Å². The van der Waals surface area contributed by atoms with E-state index in [1.54, 1.807) is 0 Å². The predicted octanol–water partition coefficient (Wildman–Crippen LogP) is 3.08. The number of nitrogens with zero attached hydrogens (tertiary/aromatic N) is 5. The molecule has 22 heavy (non-hydrogen) atoms. The molecule has 0 fully saturated rings. The summed E-state index contributed by atoms with van der Waals surface area (Å²) < 4.78 is 0. The van der Waals surface area contributed by atoms with E-state index >= 15 is 0 Å². The summed E-state index contributed by atoms with van der Waals surface area (Å²) in [5, 5.41) is 0.834. The van der Waals surface area contributed by atoms with Crippen molar-refractivity contribution in [3.05, 3.63) is 45.5 Å². The number of rotatable bonds is 4. The molecule has 0 saturated heterocycles. The first-order valence-electron chi connectivity index (χ1n) is 7.38. The topological polar surface area (TPSA) is 54.8 Å². The van der Waals surface area contributed by atoms with Crippen LogP contribution in [0.2, 0.25) is 10.3 Å². The number of halogens is 2. The summed E-state index contributed by atoms with van der Waals surface area (Å²) in [5.74, 6) is 0.919. The van der Waals surface area contributed by atoms with E-state index in [2.05, 4.69) is 31.8 Å². The molecule has 116 valence electrons.